The molecule has 0 aromatic heterocycles. The van der Waals surface area contributed by atoms with Crippen LogP contribution in [0.3, 0.4) is 0 Å². The fraction of sp³-hybridized carbons (Fsp3) is 0.925. The molecule has 0 spiro atoms. The average Bonchev–Trinajstić information content (AvgIpc) is 0.747. The third-order valence-electron chi connectivity index (χ3n) is 20.5. The highest BCUT2D eigenvalue weighted by atomic mass is 32.3. The number of aliphatic hydroxyl groups excluding tert-OH is 9. The van der Waals surface area contributed by atoms with Crippen molar-refractivity contribution in [1.29, 1.82) is 0 Å². The number of carbonyl (C=O) groups is 4. The number of unbranched alkanes of at least 4 members (excludes halogenated alkanes) is 2. The summed E-state index contributed by atoms with van der Waals surface area (Å²) in [5, 5.41) is 148. The second kappa shape index (κ2) is 49.8. The minimum atomic E-state index is -6.54. The SMILES string of the molecule is NCCCCCO[C@@H]1OC(C(=O)O)[C@@H](O[C@H]2O[C@H](COS(=O)(=O)O)[C@@H](O[C@@H]3O[C@@H](C(=O)O)[C@@H](O[C@H]4O[C@H](COS(=O)(=O)O)[C@@H](O[C@@H]5OC(C(=O)O)[C@@H](O[C@H]6O[C@H](COS(=O)(=O)O)[C@@H](O[C@@H]7O[C@@H](C(=O)O)[C@@H](O[C@H]8O[C@H](COS(=O)(=O)O)[C@@H](O)[C@H](O)[C@H]8NS(=O)(=O)O)[C@H](O)[C@H]7OS(=O)(=O)O)[C@H](O)[C@H]6NS(=O)(=O)O)[C@H](O)[C@H]5OS(=O)(=O)O)[C@H](O)[C@H]4NS(=O)(=O)O)[C@H](O)[C@H]3OS(=O)(=O)O)[C@H](O)[C@H]2NS(=O)(=O)O)[C@H](O)[C@H]1OS(=O)(=O)O. The molecule has 2 unspecified atom stereocenters. The van der Waals surface area contributed by atoms with Crippen molar-refractivity contribution in [3.05, 3.63) is 0 Å². The van der Waals surface area contributed by atoms with Crippen molar-refractivity contribution in [2.24, 2.45) is 5.73 Å². The van der Waals surface area contributed by atoms with Crippen molar-refractivity contribution < 1.29 is 350 Å². The van der Waals surface area contributed by atoms with Crippen LogP contribution < -0.4 is 24.6 Å². The van der Waals surface area contributed by atoms with Crippen molar-refractivity contribution in [3.63, 3.8) is 0 Å². The number of hydrogen-bond acceptors (Lipinski definition) is 62. The first-order valence-corrected chi connectivity index (χ1v) is 55.8. The normalized spacial score (nSPS) is 38.4. The molecule has 0 aromatic rings. The van der Waals surface area contributed by atoms with Crippen LogP contribution in [0, 0.1) is 0 Å². The van der Waals surface area contributed by atoms with Gasteiger partial charge in [-0.1, -0.05) is 0 Å². The first-order chi connectivity index (χ1) is 66.8. The van der Waals surface area contributed by atoms with Crippen LogP contribution >= 0.6 is 0 Å². The Hall–Kier alpha value is -4.72. The average molecular weight is 2410 g/mol. The molecule has 0 bridgehead atoms. The standard InChI is InChI=1S/C53H89N5O77S12/c54-4-2-1-3-5-112-50-34(132-144(100,101)102)23(64)30(38(128-50)42(68)69)125-47-15(56-137(79,80)81)20(61)27(11(118-47)7-114-141(91,92)93)122-52-36(134-146(106,107)108)25(66)32(40(130-52)44(72)73)127-49-17(58-139(85,86)87)22(63)29(13(120-49)9-116-143(97,98)99)123-53-37(135-147(109,110)111)26(67)33(41(131-53)45(74)75)126-48-16(57-138(82,83)84)21(62)28(12(119-48)8-115-142(94,95)96)121-51-35(133-145(103,104)105)24(65)31(39(129-51)43(70)71)124-46-14(55-136(76,77)78)19(60)18(59)10(117-46)6-113-140(88,89)90/h10-41,46-53,55-67H,1-9,54H2,(H,68,69)(H,70,71)(H,72,73)(H,74,75)(H,76,77,78)(H,79,80,81)(H,82,83,84)(H,85,86,87)(H,88,89,90)(H,91,92,93)(H,94,95,96)(H,97,98,99)(H,100,101,102)(H,103,104,105)(H,106,107,108)(H,109,110,111)/t10-,11-,12-,13-,14-,15-,16-,17-,18-,19-,20-,21-,22-,23+,24+,25+,26+,27-,28-,29-,30+,31+,32+,33+,34-,35-,36-,37-,38?,39-,40-,41?,46-,47-,48-,49-,50-,51-,52-,53-/m1/s1. The zero-order chi connectivity index (χ0) is 112. The Morgan fingerprint density at radius 2 is 0.449 bits per heavy atom. The van der Waals surface area contributed by atoms with Gasteiger partial charge in [0.1, 0.15) is 146 Å². The van der Waals surface area contributed by atoms with Gasteiger partial charge in [-0.2, -0.15) is 120 Å². The molecule has 0 saturated carbocycles. The molecule has 8 heterocycles. The molecule has 0 aliphatic carbocycles. The number of nitrogens with one attached hydrogen (secondary N) is 4. The second-order valence-electron chi connectivity index (χ2n) is 30.8. The lowest BCUT2D eigenvalue weighted by Crippen LogP contribution is -2.71. The summed E-state index contributed by atoms with van der Waals surface area (Å²) in [6.07, 6.45) is -114. The Kier molecular flexibility index (Phi) is 43.2. The number of aliphatic carboxylic acids is 4. The molecule has 8 saturated heterocycles. The fourth-order valence-electron chi connectivity index (χ4n) is 14.9. The number of rotatable bonds is 52. The van der Waals surface area contributed by atoms with Crippen LogP contribution in [0.4, 0.5) is 0 Å². The summed E-state index contributed by atoms with van der Waals surface area (Å²) in [5.74, 6) is -10.3. The van der Waals surface area contributed by atoms with Crippen LogP contribution in [-0.4, -0.2) is 531 Å². The van der Waals surface area contributed by atoms with Crippen molar-refractivity contribution >= 4 is 148 Å². The Balaban J connectivity index is 1.15. The zero-order valence-electron chi connectivity index (χ0n) is 71.3. The van der Waals surface area contributed by atoms with Crippen LogP contribution in [0.1, 0.15) is 19.3 Å². The molecule has 0 aromatic carbocycles. The number of ether oxygens (including phenoxy) is 16. The maximum Gasteiger partial charge on any atom is 0.397 e. The predicted octanol–water partition coefficient (Wildman–Crippen LogP) is -20.7. The number of aliphatic hydroxyl groups is 9. The van der Waals surface area contributed by atoms with E-state index in [9.17, 15) is 237 Å². The first kappa shape index (κ1) is 127. The van der Waals surface area contributed by atoms with E-state index in [1.54, 1.807) is 0 Å². The highest BCUT2D eigenvalue weighted by Crippen LogP contribution is 2.43. The quantitative estimate of drug-likeness (QED) is 0.0199. The van der Waals surface area contributed by atoms with Crippen LogP contribution in [0.5, 0.6) is 0 Å². The molecule has 8 rings (SSSR count). The van der Waals surface area contributed by atoms with Crippen molar-refractivity contribution in [3.8, 4) is 0 Å². The Labute approximate surface area is 823 Å². The summed E-state index contributed by atoms with van der Waals surface area (Å²) in [5.41, 5.74) is 5.45. The smallest absolute Gasteiger partial charge is 0.397 e. The molecule has 8 fully saturated rings. The molecular formula is C53H89N5O77S12. The van der Waals surface area contributed by atoms with Gasteiger partial charge in [0, 0.05) is 6.61 Å². The lowest BCUT2D eigenvalue weighted by molar-refractivity contribution is -0.379. The maximum atomic E-state index is 13.5. The first-order valence-electron chi connectivity index (χ1n) is 39.1. The lowest BCUT2D eigenvalue weighted by Gasteiger charge is -2.51. The molecule has 8 aliphatic rings. The monoisotopic (exact) mass is 2410 g/mol. The number of carboxylic acid groups (broad SMARTS) is 4. The van der Waals surface area contributed by atoms with Gasteiger partial charge in [0.2, 0.25) is 0 Å². The molecule has 860 valence electrons. The van der Waals surface area contributed by atoms with E-state index in [1.807, 2.05) is 0 Å². The summed E-state index contributed by atoms with van der Waals surface area (Å²) in [4.78, 5) is 52.8. The van der Waals surface area contributed by atoms with Crippen molar-refractivity contribution in [2.45, 2.75) is 265 Å². The topological polar surface area (TPSA) is 1280 Å². The van der Waals surface area contributed by atoms with E-state index in [4.69, 9.17) is 86.1 Å². The van der Waals surface area contributed by atoms with Gasteiger partial charge >= 0.3 is 148 Å². The summed E-state index contributed by atoms with van der Waals surface area (Å²) < 4.78 is 541. The molecule has 0 radical (unpaired) electrons. The second-order valence-corrected chi connectivity index (χ2v) is 44.1. The zero-order valence-corrected chi connectivity index (χ0v) is 81.1. The minimum Gasteiger partial charge on any atom is -0.479 e. The van der Waals surface area contributed by atoms with E-state index in [2.05, 4.69) is 33.5 Å². The van der Waals surface area contributed by atoms with Gasteiger partial charge in [-0.05, 0) is 25.8 Å². The number of carboxylic acids is 4. The third-order valence-corrected chi connectivity index (χ3v) is 26.4. The van der Waals surface area contributed by atoms with Crippen LogP contribution in [0.15, 0.2) is 0 Å². The third kappa shape index (κ3) is 37.5. The summed E-state index contributed by atoms with van der Waals surface area (Å²) in [7, 11) is -73.3. The molecule has 8 aliphatic heterocycles. The van der Waals surface area contributed by atoms with E-state index >= 15 is 0 Å². The molecule has 0 amide bonds. The van der Waals surface area contributed by atoms with Crippen LogP contribution in [0.25, 0.3) is 0 Å². The van der Waals surface area contributed by atoms with Gasteiger partial charge in [0.25, 0.3) is 0 Å². The Morgan fingerprint density at radius 1 is 0.238 bits per heavy atom. The highest BCUT2D eigenvalue weighted by Gasteiger charge is 2.65. The van der Waals surface area contributed by atoms with Crippen LogP contribution in [0.2, 0.25) is 0 Å². The summed E-state index contributed by atoms with van der Waals surface area (Å²) >= 11 is 0. The van der Waals surface area contributed by atoms with E-state index < -0.39 is 427 Å². The fourth-order valence-corrected chi connectivity index (χ4v) is 20.4. The van der Waals surface area contributed by atoms with Gasteiger partial charge in [-0.25, -0.2) is 52.6 Å². The van der Waals surface area contributed by atoms with E-state index in [0.29, 0.717) is 6.42 Å². The van der Waals surface area contributed by atoms with Gasteiger partial charge in [0.15, 0.2) is 99.2 Å². The van der Waals surface area contributed by atoms with E-state index in [0.717, 1.165) is 9.44 Å². The number of hydrogen-bond donors (Lipinski definition) is 30. The minimum absolute atomic E-state index is 0.0144. The van der Waals surface area contributed by atoms with Gasteiger partial charge in [-0.15, -0.1) is 0 Å². The Bertz CT molecular complexity index is 6020. The lowest BCUT2D eigenvalue weighted by atomic mass is 9.94. The molecule has 147 heavy (non-hydrogen) atoms. The Morgan fingerprint density at radius 3 is 0.667 bits per heavy atom. The predicted molar refractivity (Wildman–Crippen MR) is 426 cm³/mol. The molecular weight excluding hydrogens is 2320 g/mol. The van der Waals surface area contributed by atoms with Crippen molar-refractivity contribution in [1.82, 2.24) is 18.9 Å². The summed E-state index contributed by atoms with van der Waals surface area (Å²) in [6, 6.07) is -12.5. The molecule has 40 atom stereocenters. The molecule has 94 heteroatoms. The summed E-state index contributed by atoms with van der Waals surface area (Å²) in [6.45, 7) is -8.33. The van der Waals surface area contributed by atoms with Crippen LogP contribution in [-0.2, 0) is 253 Å². The maximum absolute atomic E-state index is 13.5. The largest absolute Gasteiger partial charge is 0.479 e. The molecule has 82 nitrogen and oxygen atoms in total. The van der Waals surface area contributed by atoms with Crippen molar-refractivity contribution in [2.75, 3.05) is 39.6 Å². The van der Waals surface area contributed by atoms with E-state index in [1.165, 1.54) is 9.44 Å². The van der Waals surface area contributed by atoms with E-state index in [-0.39, 0.29) is 19.4 Å². The van der Waals surface area contributed by atoms with Gasteiger partial charge < -0.3 is 148 Å². The number of nitrogens with two attached hydrogens (primary N) is 1. The van der Waals surface area contributed by atoms with Gasteiger partial charge in [0.05, 0.1) is 26.4 Å². The van der Waals surface area contributed by atoms with Gasteiger partial charge in [-0.3, -0.25) is 54.6 Å². The highest BCUT2D eigenvalue weighted by molar-refractivity contribution is 7.85. The molecule has 31 N–H and O–H groups in total.